The smallest absolute Gasteiger partial charge is 0.261 e. The summed E-state index contributed by atoms with van der Waals surface area (Å²) in [6.45, 7) is 2.85. The van der Waals surface area contributed by atoms with E-state index in [1.165, 1.54) is 0 Å². The number of rotatable bonds is 10. The molecular weight excluding hydrogens is 464 g/mol. The number of nitrogens with one attached hydrogen (secondary N) is 1. The normalized spacial score (nSPS) is 18.4. The third-order valence-corrected chi connectivity index (χ3v) is 6.88. The molecule has 1 aliphatic heterocycles. The van der Waals surface area contributed by atoms with Crippen LogP contribution in [0.25, 0.3) is 10.9 Å². The third-order valence-electron chi connectivity index (χ3n) is 6.65. The van der Waals surface area contributed by atoms with Crippen LogP contribution in [-0.4, -0.2) is 52.6 Å². The van der Waals surface area contributed by atoms with Crippen molar-refractivity contribution in [2.24, 2.45) is 17.4 Å². The van der Waals surface area contributed by atoms with Crippen LogP contribution < -0.4 is 22.3 Å². The number of nitrogens with zero attached hydrogens (tertiary/aromatic N) is 3. The van der Waals surface area contributed by atoms with Crippen LogP contribution in [0.1, 0.15) is 30.7 Å². The van der Waals surface area contributed by atoms with Crippen LogP contribution in [-0.2, 0) is 17.9 Å². The lowest BCUT2D eigenvalue weighted by Crippen LogP contribution is -2.53. The molecule has 5 N–H and O–H groups in total. The molecule has 1 aliphatic rings. The van der Waals surface area contributed by atoms with Crippen LogP contribution in [0.5, 0.6) is 0 Å². The predicted molar refractivity (Wildman–Crippen MR) is 139 cm³/mol. The number of nitrogens with two attached hydrogens (primary N) is 2. The molecule has 4 rings (SSSR count). The molecule has 8 nitrogen and oxygen atoms in total. The van der Waals surface area contributed by atoms with E-state index < -0.39 is 0 Å². The van der Waals surface area contributed by atoms with Crippen molar-refractivity contribution in [1.82, 2.24) is 19.8 Å². The van der Waals surface area contributed by atoms with Gasteiger partial charge in [-0.15, -0.1) is 0 Å². The van der Waals surface area contributed by atoms with Crippen LogP contribution in [0.4, 0.5) is 0 Å². The Balaban J connectivity index is 1.55. The number of aromatic nitrogens is 2. The summed E-state index contributed by atoms with van der Waals surface area (Å²) in [6.07, 6.45) is 2.42. The highest BCUT2D eigenvalue weighted by atomic mass is 35.5. The third kappa shape index (κ3) is 5.90. The second kappa shape index (κ2) is 11.8. The second-order valence-electron chi connectivity index (χ2n) is 9.02. The summed E-state index contributed by atoms with van der Waals surface area (Å²) in [7, 11) is 0. The molecule has 0 saturated carbocycles. The van der Waals surface area contributed by atoms with Crippen molar-refractivity contribution in [3.63, 3.8) is 0 Å². The molecule has 2 heterocycles. The van der Waals surface area contributed by atoms with E-state index in [9.17, 15) is 9.59 Å². The highest BCUT2D eigenvalue weighted by Gasteiger charge is 2.34. The summed E-state index contributed by atoms with van der Waals surface area (Å²) < 4.78 is 1.71. The van der Waals surface area contributed by atoms with Gasteiger partial charge in [0, 0.05) is 36.6 Å². The van der Waals surface area contributed by atoms with Crippen molar-refractivity contribution >= 4 is 28.4 Å². The molecule has 2 unspecified atom stereocenters. The summed E-state index contributed by atoms with van der Waals surface area (Å²) in [5, 5.41) is 4.52. The number of benzene rings is 2. The SMILES string of the molecule is NCCC1CCC(CNCc2nc3cc(Cl)ccc3c(=O)n2Cc2ccccc2)N(CCN)C1=O. The predicted octanol–water partition coefficient (Wildman–Crippen LogP) is 2.10. The molecule has 1 fully saturated rings. The first kappa shape index (κ1) is 25.3. The Bertz CT molecular complexity index is 1220. The zero-order valence-corrected chi connectivity index (χ0v) is 20.6. The average molecular weight is 497 g/mol. The Morgan fingerprint density at radius 2 is 1.86 bits per heavy atom. The Hall–Kier alpha value is -2.78. The summed E-state index contributed by atoms with van der Waals surface area (Å²) in [5.41, 5.74) is 13.0. The minimum Gasteiger partial charge on any atom is -0.337 e. The van der Waals surface area contributed by atoms with E-state index in [-0.39, 0.29) is 23.4 Å². The molecule has 35 heavy (non-hydrogen) atoms. The minimum atomic E-state index is -0.102. The molecule has 3 aromatic rings. The number of likely N-dealkylation sites (tertiary alicyclic amines) is 1. The molecule has 2 aromatic carbocycles. The Morgan fingerprint density at radius 3 is 2.60 bits per heavy atom. The van der Waals surface area contributed by atoms with Gasteiger partial charge in [0.2, 0.25) is 5.91 Å². The van der Waals surface area contributed by atoms with Gasteiger partial charge in [0.1, 0.15) is 5.82 Å². The molecule has 0 spiro atoms. The van der Waals surface area contributed by atoms with Gasteiger partial charge in [-0.1, -0.05) is 41.9 Å². The highest BCUT2D eigenvalue weighted by molar-refractivity contribution is 6.31. The molecule has 0 radical (unpaired) electrons. The van der Waals surface area contributed by atoms with E-state index in [0.717, 1.165) is 18.4 Å². The lowest BCUT2D eigenvalue weighted by Gasteiger charge is -2.39. The van der Waals surface area contributed by atoms with Gasteiger partial charge >= 0.3 is 0 Å². The topological polar surface area (TPSA) is 119 Å². The van der Waals surface area contributed by atoms with Gasteiger partial charge in [0.15, 0.2) is 0 Å². The number of amides is 1. The number of fused-ring (bicyclic) bond motifs is 1. The summed E-state index contributed by atoms with van der Waals surface area (Å²) in [4.78, 5) is 33.0. The maximum Gasteiger partial charge on any atom is 0.261 e. The van der Waals surface area contributed by atoms with E-state index in [4.69, 9.17) is 28.1 Å². The van der Waals surface area contributed by atoms with E-state index in [2.05, 4.69) is 5.32 Å². The minimum absolute atomic E-state index is 0.0224. The zero-order valence-electron chi connectivity index (χ0n) is 19.8. The van der Waals surface area contributed by atoms with Gasteiger partial charge in [0.05, 0.1) is 24.0 Å². The summed E-state index contributed by atoms with van der Waals surface area (Å²) in [6, 6.07) is 15.0. The summed E-state index contributed by atoms with van der Waals surface area (Å²) >= 11 is 6.17. The number of carbonyl (C=O) groups excluding carboxylic acids is 1. The van der Waals surface area contributed by atoms with E-state index in [1.54, 1.807) is 22.8 Å². The second-order valence-corrected chi connectivity index (χ2v) is 9.46. The van der Waals surface area contributed by atoms with Crippen molar-refractivity contribution in [3.8, 4) is 0 Å². The maximum atomic E-state index is 13.4. The molecule has 2 atom stereocenters. The van der Waals surface area contributed by atoms with Crippen molar-refractivity contribution in [2.75, 3.05) is 26.2 Å². The zero-order chi connectivity index (χ0) is 24.8. The molecule has 1 aromatic heterocycles. The molecule has 0 bridgehead atoms. The van der Waals surface area contributed by atoms with Crippen LogP contribution >= 0.6 is 11.6 Å². The van der Waals surface area contributed by atoms with E-state index in [1.807, 2.05) is 35.2 Å². The Kier molecular flexibility index (Phi) is 8.51. The lowest BCUT2D eigenvalue weighted by molar-refractivity contribution is -0.141. The first-order valence-electron chi connectivity index (χ1n) is 12.2. The van der Waals surface area contributed by atoms with Crippen molar-refractivity contribution < 1.29 is 4.79 Å². The van der Waals surface area contributed by atoms with Crippen LogP contribution in [0.15, 0.2) is 53.3 Å². The molecule has 1 amide bonds. The standard InChI is InChI=1S/C26H33ClN6O2/c27-20-7-9-22-23(14-20)31-24(33(26(22)35)17-18-4-2-1-3-5-18)16-30-15-21-8-6-19(10-11-28)25(34)32(21)13-12-29/h1-5,7,9,14,19,21,30H,6,8,10-13,15-17,28-29H2. The molecule has 0 aliphatic carbocycles. The van der Waals surface area contributed by atoms with Crippen molar-refractivity contribution in [1.29, 1.82) is 0 Å². The Morgan fingerprint density at radius 1 is 1.06 bits per heavy atom. The molecule has 1 saturated heterocycles. The van der Waals surface area contributed by atoms with Gasteiger partial charge in [-0.25, -0.2) is 4.98 Å². The van der Waals surface area contributed by atoms with Crippen molar-refractivity contribution in [3.05, 3.63) is 75.3 Å². The van der Waals surface area contributed by atoms with Gasteiger partial charge in [-0.3, -0.25) is 14.2 Å². The van der Waals surface area contributed by atoms with E-state index >= 15 is 0 Å². The van der Waals surface area contributed by atoms with Crippen LogP contribution in [0, 0.1) is 5.92 Å². The van der Waals surface area contributed by atoms with Gasteiger partial charge in [-0.05, 0) is 49.6 Å². The first-order chi connectivity index (χ1) is 17.0. The average Bonchev–Trinajstić information content (AvgIpc) is 2.85. The monoisotopic (exact) mass is 496 g/mol. The maximum absolute atomic E-state index is 13.4. The lowest BCUT2D eigenvalue weighted by atomic mass is 9.89. The highest BCUT2D eigenvalue weighted by Crippen LogP contribution is 2.25. The Labute approximate surface area is 210 Å². The fraction of sp³-hybridized carbons (Fsp3) is 0.423. The quantitative estimate of drug-likeness (QED) is 0.395. The van der Waals surface area contributed by atoms with Gasteiger partial charge in [-0.2, -0.15) is 0 Å². The van der Waals surface area contributed by atoms with Gasteiger partial charge < -0.3 is 21.7 Å². The van der Waals surface area contributed by atoms with Crippen LogP contribution in [0.2, 0.25) is 5.02 Å². The summed E-state index contributed by atoms with van der Waals surface area (Å²) in [5.74, 6) is 0.742. The first-order valence-corrected chi connectivity index (χ1v) is 12.5. The largest absolute Gasteiger partial charge is 0.337 e. The number of hydrogen-bond acceptors (Lipinski definition) is 6. The molecule has 9 heteroatoms. The van der Waals surface area contributed by atoms with Gasteiger partial charge in [0.25, 0.3) is 5.56 Å². The molecule has 186 valence electrons. The molecular formula is C26H33ClN6O2. The number of carbonyl (C=O) groups is 1. The number of halogens is 1. The number of piperidine rings is 1. The van der Waals surface area contributed by atoms with E-state index in [0.29, 0.717) is 67.4 Å². The number of hydrogen-bond donors (Lipinski definition) is 3. The van der Waals surface area contributed by atoms with Crippen molar-refractivity contribution in [2.45, 2.75) is 38.4 Å². The fourth-order valence-corrected chi connectivity index (χ4v) is 5.02. The fourth-order valence-electron chi connectivity index (χ4n) is 4.86. The van der Waals surface area contributed by atoms with Crippen LogP contribution in [0.3, 0.4) is 0 Å².